The molecule has 0 aromatic heterocycles. The highest BCUT2D eigenvalue weighted by atomic mass is 16.5. The van der Waals surface area contributed by atoms with E-state index >= 15 is 0 Å². The zero-order chi connectivity index (χ0) is 13.8. The predicted molar refractivity (Wildman–Crippen MR) is 82.2 cm³/mol. The molecular weight excluding hydrogens is 246 g/mol. The molecule has 0 saturated heterocycles. The van der Waals surface area contributed by atoms with Crippen molar-refractivity contribution in [1.82, 2.24) is 5.32 Å². The molecule has 0 unspecified atom stereocenters. The van der Waals surface area contributed by atoms with Crippen molar-refractivity contribution in [2.45, 2.75) is 38.8 Å². The molecule has 0 heterocycles. The van der Waals surface area contributed by atoms with Gasteiger partial charge in [-0.15, -0.1) is 0 Å². The molecular formula is C18H21NO. The average Bonchev–Trinajstić information content (AvgIpc) is 3.31. The van der Waals surface area contributed by atoms with Gasteiger partial charge in [0.1, 0.15) is 11.5 Å². The first-order valence-electron chi connectivity index (χ1n) is 7.43. The molecule has 20 heavy (non-hydrogen) atoms. The Morgan fingerprint density at radius 1 is 1.05 bits per heavy atom. The van der Waals surface area contributed by atoms with Crippen molar-refractivity contribution in [3.05, 3.63) is 59.7 Å². The number of para-hydroxylation sites is 1. The van der Waals surface area contributed by atoms with Crippen molar-refractivity contribution in [3.8, 4) is 11.5 Å². The predicted octanol–water partition coefficient (Wildman–Crippen LogP) is 4.29. The third-order valence-corrected chi connectivity index (χ3v) is 3.69. The minimum Gasteiger partial charge on any atom is -0.457 e. The highest BCUT2D eigenvalue weighted by Gasteiger charge is 2.20. The Morgan fingerprint density at radius 3 is 2.50 bits per heavy atom. The van der Waals surface area contributed by atoms with Gasteiger partial charge in [0.15, 0.2) is 0 Å². The van der Waals surface area contributed by atoms with Crippen LogP contribution in [0.15, 0.2) is 48.5 Å². The smallest absolute Gasteiger partial charge is 0.131 e. The molecule has 2 nitrogen and oxygen atoms in total. The largest absolute Gasteiger partial charge is 0.457 e. The number of hydrogen-bond donors (Lipinski definition) is 1. The van der Waals surface area contributed by atoms with E-state index in [4.69, 9.17) is 4.74 Å². The lowest BCUT2D eigenvalue weighted by Crippen LogP contribution is -2.15. The molecule has 0 spiro atoms. The van der Waals surface area contributed by atoms with Gasteiger partial charge in [-0.3, -0.25) is 0 Å². The average molecular weight is 267 g/mol. The lowest BCUT2D eigenvalue weighted by atomic mass is 10.1. The van der Waals surface area contributed by atoms with Crippen molar-refractivity contribution in [3.63, 3.8) is 0 Å². The number of rotatable bonds is 6. The Balaban J connectivity index is 1.71. The molecule has 0 amide bonds. The normalized spacial score (nSPS) is 14.2. The lowest BCUT2D eigenvalue weighted by Gasteiger charge is -2.12. The highest BCUT2D eigenvalue weighted by molar-refractivity contribution is 5.38. The van der Waals surface area contributed by atoms with Gasteiger partial charge in [0, 0.05) is 18.2 Å². The van der Waals surface area contributed by atoms with E-state index in [0.717, 1.165) is 24.5 Å². The SMILES string of the molecule is CCc1ccc(Oc2ccccc2CNC2CC2)cc1. The van der Waals surface area contributed by atoms with E-state index in [-0.39, 0.29) is 0 Å². The van der Waals surface area contributed by atoms with Crippen molar-refractivity contribution < 1.29 is 4.74 Å². The molecule has 0 atom stereocenters. The molecule has 0 radical (unpaired) electrons. The number of benzene rings is 2. The number of aryl methyl sites for hydroxylation is 1. The molecule has 2 aromatic carbocycles. The van der Waals surface area contributed by atoms with Crippen LogP contribution in [-0.2, 0) is 13.0 Å². The van der Waals surface area contributed by atoms with Crippen molar-refractivity contribution in [1.29, 1.82) is 0 Å². The second-order valence-electron chi connectivity index (χ2n) is 5.36. The molecule has 0 aliphatic heterocycles. The first kappa shape index (κ1) is 13.2. The summed E-state index contributed by atoms with van der Waals surface area (Å²) in [6, 6.07) is 17.3. The molecule has 104 valence electrons. The van der Waals surface area contributed by atoms with Crippen LogP contribution in [0.1, 0.15) is 30.9 Å². The summed E-state index contributed by atoms with van der Waals surface area (Å²) in [5, 5.41) is 3.54. The Morgan fingerprint density at radius 2 is 1.80 bits per heavy atom. The number of ether oxygens (including phenoxy) is 1. The molecule has 3 rings (SSSR count). The zero-order valence-electron chi connectivity index (χ0n) is 11.9. The topological polar surface area (TPSA) is 21.3 Å². The minimum atomic E-state index is 0.715. The maximum Gasteiger partial charge on any atom is 0.131 e. The molecule has 2 aromatic rings. The maximum atomic E-state index is 6.02. The Labute approximate surface area is 120 Å². The molecule has 1 fully saturated rings. The Kier molecular flexibility index (Phi) is 4.03. The van der Waals surface area contributed by atoms with E-state index < -0.39 is 0 Å². The summed E-state index contributed by atoms with van der Waals surface area (Å²) in [5.41, 5.74) is 2.56. The van der Waals surface area contributed by atoms with E-state index in [1.807, 2.05) is 24.3 Å². The van der Waals surface area contributed by atoms with Crippen LogP contribution in [0.4, 0.5) is 0 Å². The molecule has 2 heteroatoms. The summed E-state index contributed by atoms with van der Waals surface area (Å²) in [6.07, 6.45) is 3.67. The first-order chi connectivity index (χ1) is 9.85. The quantitative estimate of drug-likeness (QED) is 0.843. The standard InChI is InChI=1S/C18H21NO/c1-2-14-7-11-17(12-8-14)20-18-6-4-3-5-15(18)13-19-16-9-10-16/h3-8,11-12,16,19H,2,9-10,13H2,1H3. The number of nitrogens with one attached hydrogen (secondary N) is 1. The maximum absolute atomic E-state index is 6.02. The molecule has 1 aliphatic rings. The van der Waals surface area contributed by atoms with Crippen LogP contribution in [0.2, 0.25) is 0 Å². The van der Waals surface area contributed by atoms with Crippen LogP contribution in [0.5, 0.6) is 11.5 Å². The second kappa shape index (κ2) is 6.10. The third kappa shape index (κ3) is 3.40. The van der Waals surface area contributed by atoms with Crippen LogP contribution in [0.3, 0.4) is 0 Å². The molecule has 1 N–H and O–H groups in total. The van der Waals surface area contributed by atoms with Crippen molar-refractivity contribution >= 4 is 0 Å². The Hall–Kier alpha value is -1.80. The summed E-state index contributed by atoms with van der Waals surface area (Å²) < 4.78 is 6.02. The molecule has 0 bridgehead atoms. The summed E-state index contributed by atoms with van der Waals surface area (Å²) in [7, 11) is 0. The third-order valence-electron chi connectivity index (χ3n) is 3.69. The summed E-state index contributed by atoms with van der Waals surface area (Å²) >= 11 is 0. The highest BCUT2D eigenvalue weighted by Crippen LogP contribution is 2.27. The lowest BCUT2D eigenvalue weighted by molar-refractivity contribution is 0.472. The van der Waals surface area contributed by atoms with E-state index in [9.17, 15) is 0 Å². The van der Waals surface area contributed by atoms with Gasteiger partial charge < -0.3 is 10.1 Å². The van der Waals surface area contributed by atoms with Crippen LogP contribution in [0.25, 0.3) is 0 Å². The summed E-state index contributed by atoms with van der Waals surface area (Å²) in [5.74, 6) is 1.85. The van der Waals surface area contributed by atoms with E-state index in [0.29, 0.717) is 6.04 Å². The summed E-state index contributed by atoms with van der Waals surface area (Å²) in [4.78, 5) is 0. The van der Waals surface area contributed by atoms with Gasteiger partial charge >= 0.3 is 0 Å². The van der Waals surface area contributed by atoms with Gasteiger partial charge in [-0.25, -0.2) is 0 Å². The molecule has 1 aliphatic carbocycles. The van der Waals surface area contributed by atoms with Crippen molar-refractivity contribution in [2.24, 2.45) is 0 Å². The van der Waals surface area contributed by atoms with E-state index in [2.05, 4.69) is 36.5 Å². The van der Waals surface area contributed by atoms with Gasteiger partial charge in [-0.2, -0.15) is 0 Å². The van der Waals surface area contributed by atoms with Gasteiger partial charge in [0.05, 0.1) is 0 Å². The van der Waals surface area contributed by atoms with E-state index in [1.165, 1.54) is 24.0 Å². The van der Waals surface area contributed by atoms with Gasteiger partial charge in [-0.1, -0.05) is 37.3 Å². The Bertz CT molecular complexity index is 558. The second-order valence-corrected chi connectivity index (χ2v) is 5.36. The van der Waals surface area contributed by atoms with Crippen LogP contribution < -0.4 is 10.1 Å². The molecule has 1 saturated carbocycles. The van der Waals surface area contributed by atoms with Gasteiger partial charge in [0.25, 0.3) is 0 Å². The monoisotopic (exact) mass is 267 g/mol. The first-order valence-corrected chi connectivity index (χ1v) is 7.43. The fourth-order valence-electron chi connectivity index (χ4n) is 2.21. The van der Waals surface area contributed by atoms with E-state index in [1.54, 1.807) is 0 Å². The van der Waals surface area contributed by atoms with Gasteiger partial charge in [0.2, 0.25) is 0 Å². The summed E-state index contributed by atoms with van der Waals surface area (Å²) in [6.45, 7) is 3.04. The van der Waals surface area contributed by atoms with Crippen LogP contribution in [-0.4, -0.2) is 6.04 Å². The van der Waals surface area contributed by atoms with Gasteiger partial charge in [-0.05, 0) is 43.0 Å². The number of hydrogen-bond acceptors (Lipinski definition) is 2. The van der Waals surface area contributed by atoms with Crippen LogP contribution in [0, 0.1) is 0 Å². The zero-order valence-corrected chi connectivity index (χ0v) is 11.9. The van der Waals surface area contributed by atoms with Crippen molar-refractivity contribution in [2.75, 3.05) is 0 Å². The fraction of sp³-hybridized carbons (Fsp3) is 0.333. The minimum absolute atomic E-state index is 0.715. The fourth-order valence-corrected chi connectivity index (χ4v) is 2.21. The van der Waals surface area contributed by atoms with Crippen LogP contribution >= 0.6 is 0 Å².